The van der Waals surface area contributed by atoms with Crippen LogP contribution in [-0.4, -0.2) is 24.9 Å². The Morgan fingerprint density at radius 1 is 0.793 bits per heavy atom. The van der Waals surface area contributed by atoms with Crippen molar-refractivity contribution >= 4 is 22.8 Å². The van der Waals surface area contributed by atoms with Crippen LogP contribution in [0.25, 0.3) is 44.9 Å². The predicted octanol–water partition coefficient (Wildman–Crippen LogP) is 5.54. The average molecular weight is 402 g/mol. The predicted molar refractivity (Wildman–Crippen MR) is 111 cm³/mol. The smallest absolute Gasteiger partial charge is 0.178 e. The summed E-state index contributed by atoms with van der Waals surface area (Å²) in [5.74, 6) is 0.323. The van der Waals surface area contributed by atoms with Crippen LogP contribution in [0.1, 0.15) is 0 Å². The van der Waals surface area contributed by atoms with E-state index in [0.717, 1.165) is 27.8 Å². The van der Waals surface area contributed by atoms with Crippen LogP contribution >= 0.6 is 11.6 Å². The highest BCUT2D eigenvalue weighted by molar-refractivity contribution is 6.33. The fourth-order valence-electron chi connectivity index (χ4n) is 3.21. The van der Waals surface area contributed by atoms with Crippen molar-refractivity contribution in [3.05, 3.63) is 84.2 Å². The van der Waals surface area contributed by atoms with E-state index in [4.69, 9.17) is 16.6 Å². The summed E-state index contributed by atoms with van der Waals surface area (Å²) in [6.07, 6.45) is 6.73. The van der Waals surface area contributed by atoms with Gasteiger partial charge in [0.25, 0.3) is 0 Å². The Kier molecular flexibility index (Phi) is 4.26. The van der Waals surface area contributed by atoms with E-state index in [0.29, 0.717) is 22.2 Å². The number of nitrogens with zero attached hydrogens (tertiary/aromatic N) is 4. The number of pyridine rings is 3. The molecule has 0 amide bonds. The quantitative estimate of drug-likeness (QED) is 0.431. The second kappa shape index (κ2) is 7.07. The number of benzene rings is 1. The lowest BCUT2D eigenvalue weighted by Gasteiger charge is -2.10. The molecule has 0 aliphatic carbocycles. The normalized spacial score (nSPS) is 11.1. The highest BCUT2D eigenvalue weighted by Crippen LogP contribution is 2.36. The minimum absolute atomic E-state index is 0.294. The van der Waals surface area contributed by atoms with Crippen LogP contribution in [0.15, 0.2) is 73.3 Å². The molecule has 0 atom stereocenters. The number of fused-ring (bicyclic) bond motifs is 1. The van der Waals surface area contributed by atoms with Gasteiger partial charge in [0.1, 0.15) is 11.6 Å². The zero-order valence-corrected chi connectivity index (χ0v) is 15.7. The van der Waals surface area contributed by atoms with E-state index in [1.54, 1.807) is 36.9 Å². The number of nitrogens with one attached hydrogen (secondary N) is 1. The van der Waals surface area contributed by atoms with Crippen LogP contribution in [0.5, 0.6) is 0 Å². The van der Waals surface area contributed by atoms with Crippen LogP contribution in [0.4, 0.5) is 4.39 Å². The van der Waals surface area contributed by atoms with Crippen molar-refractivity contribution in [2.75, 3.05) is 0 Å². The molecule has 1 aromatic carbocycles. The van der Waals surface area contributed by atoms with Gasteiger partial charge < -0.3 is 4.98 Å². The second-order valence-corrected chi connectivity index (χ2v) is 6.85. The summed E-state index contributed by atoms with van der Waals surface area (Å²) in [4.78, 5) is 20.8. The molecule has 5 aromatic rings. The first-order valence-electron chi connectivity index (χ1n) is 8.86. The highest BCUT2D eigenvalue weighted by atomic mass is 35.5. The van der Waals surface area contributed by atoms with Crippen LogP contribution in [0.3, 0.4) is 0 Å². The first kappa shape index (κ1) is 17.5. The SMILES string of the molecule is Fc1ccc(-c2nc3nc(-c4ccncc4Cl)c(-c4ccncc4)cc3[nH]2)cc1. The van der Waals surface area contributed by atoms with Gasteiger partial charge in [-0.15, -0.1) is 0 Å². The third-order valence-electron chi connectivity index (χ3n) is 4.61. The summed E-state index contributed by atoms with van der Waals surface area (Å²) in [5.41, 5.74) is 5.40. The minimum Gasteiger partial charge on any atom is -0.337 e. The lowest BCUT2D eigenvalue weighted by molar-refractivity contribution is 0.628. The monoisotopic (exact) mass is 401 g/mol. The molecule has 0 aliphatic heterocycles. The van der Waals surface area contributed by atoms with Crippen LogP contribution in [0.2, 0.25) is 5.02 Å². The van der Waals surface area contributed by atoms with Crippen molar-refractivity contribution in [3.8, 4) is 33.8 Å². The molecule has 0 unspecified atom stereocenters. The topological polar surface area (TPSA) is 67.3 Å². The molecule has 0 spiro atoms. The number of aromatic nitrogens is 5. The Hall–Kier alpha value is -3.64. The third kappa shape index (κ3) is 3.23. The van der Waals surface area contributed by atoms with E-state index in [1.165, 1.54) is 12.1 Å². The summed E-state index contributed by atoms with van der Waals surface area (Å²) in [6, 6.07) is 13.8. The van der Waals surface area contributed by atoms with Crippen molar-refractivity contribution in [2.45, 2.75) is 0 Å². The summed E-state index contributed by atoms with van der Waals surface area (Å²) in [6.45, 7) is 0. The maximum atomic E-state index is 13.3. The van der Waals surface area contributed by atoms with Gasteiger partial charge in [-0.3, -0.25) is 9.97 Å². The molecule has 0 saturated carbocycles. The Morgan fingerprint density at radius 2 is 1.55 bits per heavy atom. The fourth-order valence-corrected chi connectivity index (χ4v) is 3.42. The van der Waals surface area contributed by atoms with Gasteiger partial charge in [0, 0.05) is 41.5 Å². The first-order chi connectivity index (χ1) is 14.2. The molecule has 29 heavy (non-hydrogen) atoms. The molecule has 4 heterocycles. The van der Waals surface area contributed by atoms with Crippen LogP contribution < -0.4 is 0 Å². The summed E-state index contributed by atoms with van der Waals surface area (Å²) in [7, 11) is 0. The lowest BCUT2D eigenvalue weighted by atomic mass is 10.0. The molecular formula is C22H13ClFN5. The molecule has 4 aromatic heterocycles. The zero-order chi connectivity index (χ0) is 19.8. The summed E-state index contributed by atoms with van der Waals surface area (Å²) < 4.78 is 13.3. The summed E-state index contributed by atoms with van der Waals surface area (Å²) in [5, 5.41) is 0.504. The van der Waals surface area contributed by atoms with Gasteiger partial charge in [0.2, 0.25) is 0 Å². The highest BCUT2D eigenvalue weighted by Gasteiger charge is 2.16. The van der Waals surface area contributed by atoms with Gasteiger partial charge in [0.05, 0.1) is 16.2 Å². The Bertz CT molecular complexity index is 1320. The van der Waals surface area contributed by atoms with Crippen molar-refractivity contribution in [2.24, 2.45) is 0 Å². The zero-order valence-electron chi connectivity index (χ0n) is 15.0. The number of imidazole rings is 1. The molecule has 5 nitrogen and oxygen atoms in total. The number of hydrogen-bond donors (Lipinski definition) is 1. The molecule has 140 valence electrons. The van der Waals surface area contributed by atoms with Gasteiger partial charge in [-0.2, -0.15) is 0 Å². The molecule has 7 heteroatoms. The lowest BCUT2D eigenvalue weighted by Crippen LogP contribution is -1.92. The second-order valence-electron chi connectivity index (χ2n) is 6.44. The summed E-state index contributed by atoms with van der Waals surface area (Å²) >= 11 is 6.41. The number of H-pyrrole nitrogens is 1. The van der Waals surface area contributed by atoms with Crippen LogP contribution in [0, 0.1) is 5.82 Å². The minimum atomic E-state index is -0.294. The molecule has 0 aliphatic rings. The maximum Gasteiger partial charge on any atom is 0.178 e. The molecule has 5 rings (SSSR count). The fraction of sp³-hybridized carbons (Fsp3) is 0. The van der Waals surface area contributed by atoms with Gasteiger partial charge in [-0.05, 0) is 54.1 Å². The largest absolute Gasteiger partial charge is 0.337 e. The van der Waals surface area contributed by atoms with Gasteiger partial charge in [0.15, 0.2) is 5.65 Å². The number of rotatable bonds is 3. The maximum absolute atomic E-state index is 13.3. The van der Waals surface area contributed by atoms with Gasteiger partial charge in [-0.25, -0.2) is 14.4 Å². The number of aromatic amines is 1. The van der Waals surface area contributed by atoms with Crippen molar-refractivity contribution in [1.29, 1.82) is 0 Å². The Labute approximate surface area is 170 Å². The van der Waals surface area contributed by atoms with Crippen molar-refractivity contribution in [1.82, 2.24) is 24.9 Å². The van der Waals surface area contributed by atoms with Crippen LogP contribution in [-0.2, 0) is 0 Å². The van der Waals surface area contributed by atoms with E-state index < -0.39 is 0 Å². The van der Waals surface area contributed by atoms with Gasteiger partial charge in [-0.1, -0.05) is 11.6 Å². The van der Waals surface area contributed by atoms with Crippen molar-refractivity contribution in [3.63, 3.8) is 0 Å². The van der Waals surface area contributed by atoms with Crippen molar-refractivity contribution < 1.29 is 4.39 Å². The third-order valence-corrected chi connectivity index (χ3v) is 4.91. The molecule has 0 bridgehead atoms. The molecule has 0 radical (unpaired) electrons. The number of hydrogen-bond acceptors (Lipinski definition) is 4. The Morgan fingerprint density at radius 3 is 2.31 bits per heavy atom. The molecular weight excluding hydrogens is 389 g/mol. The standard InChI is InChI=1S/C22H13ClFN5/c23-18-12-26-10-7-16(18)20-17(13-5-8-25-9-6-13)11-19-22(28-20)29-21(27-19)14-1-3-15(24)4-2-14/h1-12H,(H,27,28,29). The van der Waals surface area contributed by atoms with E-state index in [-0.39, 0.29) is 5.82 Å². The van der Waals surface area contributed by atoms with E-state index in [1.807, 2.05) is 24.3 Å². The van der Waals surface area contributed by atoms with Gasteiger partial charge >= 0.3 is 0 Å². The molecule has 0 saturated heterocycles. The Balaban J connectivity index is 1.75. The molecule has 0 fully saturated rings. The average Bonchev–Trinajstić information content (AvgIpc) is 3.17. The number of halogens is 2. The van der Waals surface area contributed by atoms with E-state index in [2.05, 4.69) is 19.9 Å². The molecule has 1 N–H and O–H groups in total. The first-order valence-corrected chi connectivity index (χ1v) is 9.24. The van der Waals surface area contributed by atoms with E-state index >= 15 is 0 Å². The van der Waals surface area contributed by atoms with E-state index in [9.17, 15) is 4.39 Å².